The normalized spacial score (nSPS) is 16.6. The van der Waals surface area contributed by atoms with E-state index in [1.54, 1.807) is 6.20 Å². The molecule has 0 bridgehead atoms. The van der Waals surface area contributed by atoms with Crippen molar-refractivity contribution in [3.8, 4) is 0 Å². The van der Waals surface area contributed by atoms with Crippen LogP contribution in [0, 0.1) is 5.92 Å². The lowest BCUT2D eigenvalue weighted by Gasteiger charge is -2.33. The van der Waals surface area contributed by atoms with Crippen LogP contribution in [0.2, 0.25) is 0 Å². The lowest BCUT2D eigenvalue weighted by atomic mass is 9.96. The van der Waals surface area contributed by atoms with Crippen molar-refractivity contribution in [3.05, 3.63) is 24.0 Å². The summed E-state index contributed by atoms with van der Waals surface area (Å²) in [6, 6.07) is 3.81. The Labute approximate surface area is 111 Å². The third-order valence-electron chi connectivity index (χ3n) is 3.26. The van der Waals surface area contributed by atoms with E-state index in [2.05, 4.69) is 9.88 Å². The minimum atomic E-state index is -0.213. The summed E-state index contributed by atoms with van der Waals surface area (Å²) in [5.74, 6) is -0.235. The van der Waals surface area contributed by atoms with Crippen molar-refractivity contribution in [1.29, 1.82) is 0 Å². The highest BCUT2D eigenvalue weighted by Gasteiger charge is 2.24. The van der Waals surface area contributed by atoms with Crippen molar-refractivity contribution in [3.63, 3.8) is 0 Å². The number of rotatable bonds is 3. The number of pyridine rings is 1. The SMILES string of the molecule is NC(=O)C1CCN(c2cccnc2C(N)=S)CC1. The van der Waals surface area contributed by atoms with Gasteiger partial charge < -0.3 is 16.4 Å². The fraction of sp³-hybridized carbons (Fsp3) is 0.417. The molecule has 0 atom stereocenters. The number of amides is 1. The summed E-state index contributed by atoms with van der Waals surface area (Å²) in [4.78, 5) is 17.8. The van der Waals surface area contributed by atoms with E-state index in [1.807, 2.05) is 12.1 Å². The molecule has 1 aromatic rings. The number of piperidine rings is 1. The number of anilines is 1. The van der Waals surface area contributed by atoms with Gasteiger partial charge in [-0.2, -0.15) is 0 Å². The van der Waals surface area contributed by atoms with Gasteiger partial charge in [0.1, 0.15) is 10.7 Å². The van der Waals surface area contributed by atoms with Crippen LogP contribution < -0.4 is 16.4 Å². The molecule has 0 aromatic carbocycles. The molecule has 0 aliphatic carbocycles. The molecule has 6 heteroatoms. The fourth-order valence-electron chi connectivity index (χ4n) is 2.25. The molecule has 0 unspecified atom stereocenters. The molecule has 1 aliphatic rings. The minimum absolute atomic E-state index is 0.0220. The van der Waals surface area contributed by atoms with Crippen molar-refractivity contribution in [2.45, 2.75) is 12.8 Å². The summed E-state index contributed by atoms with van der Waals surface area (Å²) in [6.07, 6.45) is 3.20. The maximum absolute atomic E-state index is 11.1. The Bertz CT molecular complexity index is 469. The first-order valence-corrected chi connectivity index (χ1v) is 6.29. The number of hydrogen-bond acceptors (Lipinski definition) is 4. The second-order valence-electron chi connectivity index (χ2n) is 4.40. The molecule has 1 fully saturated rings. The lowest BCUT2D eigenvalue weighted by Crippen LogP contribution is -2.39. The van der Waals surface area contributed by atoms with Crippen molar-refractivity contribution in [2.75, 3.05) is 18.0 Å². The van der Waals surface area contributed by atoms with Crippen molar-refractivity contribution in [2.24, 2.45) is 17.4 Å². The van der Waals surface area contributed by atoms with E-state index in [0.29, 0.717) is 10.7 Å². The molecule has 1 aromatic heterocycles. The highest BCUT2D eigenvalue weighted by Crippen LogP contribution is 2.25. The molecule has 0 radical (unpaired) electrons. The summed E-state index contributed by atoms with van der Waals surface area (Å²) in [5.41, 5.74) is 12.6. The number of aromatic nitrogens is 1. The van der Waals surface area contributed by atoms with Crippen molar-refractivity contribution < 1.29 is 4.79 Å². The average molecular weight is 264 g/mol. The van der Waals surface area contributed by atoms with Gasteiger partial charge in [-0.3, -0.25) is 9.78 Å². The first-order chi connectivity index (χ1) is 8.59. The predicted octanol–water partition coefficient (Wildman–Crippen LogP) is 0.417. The number of thiocarbonyl (C=S) groups is 1. The van der Waals surface area contributed by atoms with Gasteiger partial charge in [0.2, 0.25) is 5.91 Å². The van der Waals surface area contributed by atoms with E-state index < -0.39 is 0 Å². The van der Waals surface area contributed by atoms with E-state index in [-0.39, 0.29) is 11.8 Å². The predicted molar refractivity (Wildman–Crippen MR) is 74.3 cm³/mol. The smallest absolute Gasteiger partial charge is 0.220 e. The van der Waals surface area contributed by atoms with Crippen LogP contribution in [-0.4, -0.2) is 29.0 Å². The molecule has 1 saturated heterocycles. The number of carbonyl (C=O) groups excluding carboxylic acids is 1. The van der Waals surface area contributed by atoms with E-state index >= 15 is 0 Å². The molecule has 96 valence electrons. The van der Waals surface area contributed by atoms with Gasteiger partial charge >= 0.3 is 0 Å². The highest BCUT2D eigenvalue weighted by atomic mass is 32.1. The summed E-state index contributed by atoms with van der Waals surface area (Å²) in [7, 11) is 0. The summed E-state index contributed by atoms with van der Waals surface area (Å²) in [6.45, 7) is 1.55. The molecular weight excluding hydrogens is 248 g/mol. The largest absolute Gasteiger partial charge is 0.388 e. The molecule has 2 rings (SSSR count). The topological polar surface area (TPSA) is 85.2 Å². The number of hydrogen-bond donors (Lipinski definition) is 2. The van der Waals surface area contributed by atoms with Crippen LogP contribution in [0.3, 0.4) is 0 Å². The number of nitrogens with zero attached hydrogens (tertiary/aromatic N) is 2. The third kappa shape index (κ3) is 2.59. The molecule has 0 spiro atoms. The second-order valence-corrected chi connectivity index (χ2v) is 4.84. The van der Waals surface area contributed by atoms with Crippen LogP contribution in [-0.2, 0) is 4.79 Å². The van der Waals surface area contributed by atoms with E-state index in [9.17, 15) is 4.79 Å². The van der Waals surface area contributed by atoms with Gasteiger partial charge in [-0.1, -0.05) is 12.2 Å². The van der Waals surface area contributed by atoms with Crippen LogP contribution in [0.5, 0.6) is 0 Å². The van der Waals surface area contributed by atoms with Crippen LogP contribution in [0.1, 0.15) is 18.5 Å². The van der Waals surface area contributed by atoms with Gasteiger partial charge in [0.25, 0.3) is 0 Å². The average Bonchev–Trinajstić information content (AvgIpc) is 2.39. The van der Waals surface area contributed by atoms with Gasteiger partial charge in [0.05, 0.1) is 5.69 Å². The molecule has 5 nitrogen and oxygen atoms in total. The monoisotopic (exact) mass is 264 g/mol. The molecule has 18 heavy (non-hydrogen) atoms. The maximum Gasteiger partial charge on any atom is 0.220 e. The second kappa shape index (κ2) is 5.30. The summed E-state index contributed by atoms with van der Waals surface area (Å²) >= 11 is 5.00. The quantitative estimate of drug-likeness (QED) is 0.773. The van der Waals surface area contributed by atoms with Gasteiger partial charge in [-0.25, -0.2) is 0 Å². The summed E-state index contributed by atoms with van der Waals surface area (Å²) < 4.78 is 0. The van der Waals surface area contributed by atoms with Crippen LogP contribution >= 0.6 is 12.2 Å². The Kier molecular flexibility index (Phi) is 3.76. The lowest BCUT2D eigenvalue weighted by molar-refractivity contribution is -0.122. The van der Waals surface area contributed by atoms with Crippen LogP contribution in [0.4, 0.5) is 5.69 Å². The Morgan fingerprint density at radius 1 is 1.39 bits per heavy atom. The molecule has 2 heterocycles. The highest BCUT2D eigenvalue weighted by molar-refractivity contribution is 7.80. The third-order valence-corrected chi connectivity index (χ3v) is 3.45. The van der Waals surface area contributed by atoms with Crippen molar-refractivity contribution >= 4 is 28.8 Å². The van der Waals surface area contributed by atoms with E-state index in [0.717, 1.165) is 31.6 Å². The maximum atomic E-state index is 11.1. The first-order valence-electron chi connectivity index (χ1n) is 5.88. The summed E-state index contributed by atoms with van der Waals surface area (Å²) in [5, 5.41) is 0. The van der Waals surface area contributed by atoms with Gasteiger partial charge in [-0.05, 0) is 25.0 Å². The Morgan fingerprint density at radius 3 is 2.61 bits per heavy atom. The molecule has 4 N–H and O–H groups in total. The standard InChI is InChI=1S/C12H16N4OS/c13-11(17)8-3-6-16(7-4-8)9-2-1-5-15-10(9)12(14)18/h1-2,5,8H,3-4,6-7H2,(H2,13,17)(H2,14,18). The zero-order chi connectivity index (χ0) is 13.1. The molecule has 0 saturated carbocycles. The Morgan fingerprint density at radius 2 is 2.06 bits per heavy atom. The number of carbonyl (C=O) groups is 1. The van der Waals surface area contributed by atoms with Gasteiger partial charge in [0, 0.05) is 25.2 Å². The zero-order valence-corrected chi connectivity index (χ0v) is 10.8. The van der Waals surface area contributed by atoms with E-state index in [4.69, 9.17) is 23.7 Å². The number of primary amides is 1. The van der Waals surface area contributed by atoms with Crippen molar-refractivity contribution in [1.82, 2.24) is 4.98 Å². The first kappa shape index (κ1) is 12.8. The molecule has 1 aliphatic heterocycles. The van der Waals surface area contributed by atoms with Crippen LogP contribution in [0.25, 0.3) is 0 Å². The Hall–Kier alpha value is -1.69. The molecular formula is C12H16N4OS. The van der Waals surface area contributed by atoms with Crippen LogP contribution in [0.15, 0.2) is 18.3 Å². The van der Waals surface area contributed by atoms with E-state index in [1.165, 1.54) is 0 Å². The zero-order valence-electron chi connectivity index (χ0n) is 10.0. The van der Waals surface area contributed by atoms with Gasteiger partial charge in [-0.15, -0.1) is 0 Å². The Balaban J connectivity index is 2.15. The molecule has 1 amide bonds. The minimum Gasteiger partial charge on any atom is -0.388 e. The fourth-order valence-corrected chi connectivity index (χ4v) is 2.40. The number of nitrogens with two attached hydrogens (primary N) is 2. The van der Waals surface area contributed by atoms with Gasteiger partial charge in [0.15, 0.2) is 0 Å².